The van der Waals surface area contributed by atoms with Crippen molar-refractivity contribution in [1.29, 1.82) is 0 Å². The second-order valence-electron chi connectivity index (χ2n) is 7.61. The van der Waals surface area contributed by atoms with E-state index in [1.54, 1.807) is 0 Å². The van der Waals surface area contributed by atoms with Gasteiger partial charge in [-0.25, -0.2) is 4.98 Å². The van der Waals surface area contributed by atoms with E-state index < -0.39 is 0 Å². The zero-order chi connectivity index (χ0) is 17.4. The first kappa shape index (κ1) is 16.7. The summed E-state index contributed by atoms with van der Waals surface area (Å²) in [6.07, 6.45) is 6.20. The molecule has 136 valence electrons. The molecule has 0 radical (unpaired) electrons. The molecule has 0 unspecified atom stereocenters. The molecule has 0 amide bonds. The summed E-state index contributed by atoms with van der Waals surface area (Å²) in [6, 6.07) is 0. The molecule has 0 bridgehead atoms. The molecule has 0 aromatic carbocycles. The summed E-state index contributed by atoms with van der Waals surface area (Å²) < 4.78 is 2.04. The number of hydrogen-bond donors (Lipinski definition) is 3. The lowest BCUT2D eigenvalue weighted by Gasteiger charge is -2.16. The van der Waals surface area contributed by atoms with Gasteiger partial charge >= 0.3 is 0 Å². The molecule has 25 heavy (non-hydrogen) atoms. The third-order valence-electron chi connectivity index (χ3n) is 5.78. The van der Waals surface area contributed by atoms with Crippen LogP contribution in [0.1, 0.15) is 60.2 Å². The molecule has 1 saturated carbocycles. The molecule has 2 aliphatic carbocycles. The number of nitrogens with one attached hydrogen (secondary N) is 2. The number of aryl methyl sites for hydroxylation is 3. The van der Waals surface area contributed by atoms with Crippen LogP contribution in [-0.2, 0) is 26.4 Å². The van der Waals surface area contributed by atoms with E-state index in [0.717, 1.165) is 50.4 Å². The second kappa shape index (κ2) is 6.88. The maximum atomic E-state index is 10.4. The van der Waals surface area contributed by atoms with Crippen molar-refractivity contribution in [2.45, 2.75) is 64.0 Å². The molecule has 2 heterocycles. The molecule has 1 fully saturated rings. The van der Waals surface area contributed by atoms with Gasteiger partial charge in [-0.2, -0.15) is 10.2 Å². The number of aromatic amines is 1. The van der Waals surface area contributed by atoms with Crippen LogP contribution in [0.5, 0.6) is 0 Å². The highest BCUT2D eigenvalue weighted by atomic mass is 16.3. The molecule has 7 heteroatoms. The lowest BCUT2D eigenvalue weighted by atomic mass is 9.96. The maximum Gasteiger partial charge on any atom is 0.153 e. The Bertz CT molecular complexity index is 736. The number of nitrogens with zero attached hydrogens (tertiary/aromatic N) is 4. The van der Waals surface area contributed by atoms with Gasteiger partial charge < -0.3 is 10.4 Å². The fourth-order valence-corrected chi connectivity index (χ4v) is 4.42. The number of rotatable bonds is 5. The highest BCUT2D eigenvalue weighted by Gasteiger charge is 2.35. The molecule has 2 aromatic heterocycles. The van der Waals surface area contributed by atoms with E-state index in [1.165, 1.54) is 29.8 Å². The van der Waals surface area contributed by atoms with Crippen LogP contribution in [-0.4, -0.2) is 42.7 Å². The Balaban J connectivity index is 1.34. The number of H-pyrrole nitrogens is 1. The van der Waals surface area contributed by atoms with Crippen LogP contribution < -0.4 is 5.32 Å². The van der Waals surface area contributed by atoms with Gasteiger partial charge in [-0.15, -0.1) is 0 Å². The van der Waals surface area contributed by atoms with E-state index in [9.17, 15) is 5.11 Å². The largest absolute Gasteiger partial charge is 0.393 e. The lowest BCUT2D eigenvalue weighted by molar-refractivity contribution is 0.131. The lowest BCUT2D eigenvalue weighted by Crippen LogP contribution is -2.28. The zero-order valence-electron chi connectivity index (χ0n) is 15.1. The van der Waals surface area contributed by atoms with Crippen molar-refractivity contribution >= 4 is 0 Å². The Morgan fingerprint density at radius 1 is 1.28 bits per heavy atom. The number of hydrogen-bond acceptors (Lipinski definition) is 5. The first-order valence-electron chi connectivity index (χ1n) is 9.43. The molecule has 2 aliphatic rings. The fraction of sp³-hybridized carbons (Fsp3) is 0.722. The van der Waals surface area contributed by atoms with Crippen LogP contribution in [0.3, 0.4) is 0 Å². The Morgan fingerprint density at radius 3 is 2.92 bits per heavy atom. The number of aliphatic hydroxyl groups is 1. The average molecular weight is 344 g/mol. The molecule has 3 N–H and O–H groups in total. The van der Waals surface area contributed by atoms with E-state index in [0.29, 0.717) is 0 Å². The highest BCUT2D eigenvalue weighted by molar-refractivity contribution is 5.28. The predicted molar refractivity (Wildman–Crippen MR) is 94.1 cm³/mol. The Labute approximate surface area is 148 Å². The summed E-state index contributed by atoms with van der Waals surface area (Å²) in [7, 11) is 2.04. The fourth-order valence-electron chi connectivity index (χ4n) is 4.42. The van der Waals surface area contributed by atoms with Crippen LogP contribution in [0, 0.1) is 12.8 Å². The average Bonchev–Trinajstić information content (AvgIpc) is 3.26. The van der Waals surface area contributed by atoms with Gasteiger partial charge in [0.1, 0.15) is 5.82 Å². The Morgan fingerprint density at radius 2 is 2.12 bits per heavy atom. The van der Waals surface area contributed by atoms with Crippen molar-refractivity contribution in [3.8, 4) is 0 Å². The van der Waals surface area contributed by atoms with Gasteiger partial charge in [-0.05, 0) is 56.9 Å². The molecular formula is C18H28N6O. The van der Waals surface area contributed by atoms with Crippen LogP contribution >= 0.6 is 0 Å². The van der Waals surface area contributed by atoms with Gasteiger partial charge in [0.2, 0.25) is 0 Å². The van der Waals surface area contributed by atoms with Gasteiger partial charge in [-0.3, -0.25) is 9.78 Å². The number of aliphatic hydroxyl groups excluding tert-OH is 1. The number of fused-ring (bicyclic) bond motifs is 1. The summed E-state index contributed by atoms with van der Waals surface area (Å²) in [5.41, 5.74) is 4.04. The van der Waals surface area contributed by atoms with Crippen LogP contribution in [0.2, 0.25) is 0 Å². The first-order valence-corrected chi connectivity index (χ1v) is 9.43. The molecule has 7 nitrogen and oxygen atoms in total. The minimum absolute atomic E-state index is 0.257. The molecule has 0 saturated heterocycles. The minimum atomic E-state index is -0.281. The first-order chi connectivity index (χ1) is 12.1. The summed E-state index contributed by atoms with van der Waals surface area (Å²) in [5.74, 6) is 2.20. The summed E-state index contributed by atoms with van der Waals surface area (Å²) in [4.78, 5) is 4.43. The quantitative estimate of drug-likeness (QED) is 0.762. The second-order valence-corrected chi connectivity index (χ2v) is 7.61. The summed E-state index contributed by atoms with van der Waals surface area (Å²) >= 11 is 0. The van der Waals surface area contributed by atoms with Crippen molar-refractivity contribution in [3.05, 3.63) is 28.6 Å². The molecule has 3 atom stereocenters. The minimum Gasteiger partial charge on any atom is -0.393 e. The Kier molecular flexibility index (Phi) is 4.60. The van der Waals surface area contributed by atoms with Crippen molar-refractivity contribution in [3.63, 3.8) is 0 Å². The molecule has 0 spiro atoms. The van der Waals surface area contributed by atoms with Crippen LogP contribution in [0.15, 0.2) is 0 Å². The highest BCUT2D eigenvalue weighted by Crippen LogP contribution is 2.36. The van der Waals surface area contributed by atoms with Crippen molar-refractivity contribution in [1.82, 2.24) is 30.3 Å². The summed E-state index contributed by atoms with van der Waals surface area (Å²) in [5, 5.41) is 25.8. The Hall–Kier alpha value is -1.73. The van der Waals surface area contributed by atoms with Crippen molar-refractivity contribution < 1.29 is 5.11 Å². The molecule has 0 aliphatic heterocycles. The SMILES string of the molecule is Cc1nc([C@H]2C[C@H](CNCc3c4c(nn3C)CCCC4)[C@H](O)C2)n[nH]1. The standard InChI is InChI=1S/C18H28N6O/c1-11-20-18(22-21-11)12-7-13(17(25)8-12)9-19-10-16-14-5-3-4-6-15(14)23-24(16)2/h12-13,17,19,25H,3-10H2,1-2H3,(H,20,21,22)/t12-,13+,17+/m0/s1. The van der Waals surface area contributed by atoms with Gasteiger partial charge in [0.05, 0.1) is 17.5 Å². The van der Waals surface area contributed by atoms with Crippen LogP contribution in [0.4, 0.5) is 0 Å². The summed E-state index contributed by atoms with van der Waals surface area (Å²) in [6.45, 7) is 3.56. The van der Waals surface area contributed by atoms with E-state index in [4.69, 9.17) is 0 Å². The zero-order valence-corrected chi connectivity index (χ0v) is 15.1. The number of aromatic nitrogens is 5. The van der Waals surface area contributed by atoms with E-state index in [2.05, 4.69) is 25.6 Å². The van der Waals surface area contributed by atoms with Gasteiger partial charge in [0, 0.05) is 26.1 Å². The van der Waals surface area contributed by atoms with Crippen molar-refractivity contribution in [2.75, 3.05) is 6.54 Å². The smallest absolute Gasteiger partial charge is 0.153 e. The molecule has 2 aromatic rings. The van der Waals surface area contributed by atoms with Gasteiger partial charge in [0.15, 0.2) is 5.82 Å². The van der Waals surface area contributed by atoms with Crippen molar-refractivity contribution in [2.24, 2.45) is 13.0 Å². The molecular weight excluding hydrogens is 316 g/mol. The maximum absolute atomic E-state index is 10.4. The van der Waals surface area contributed by atoms with Gasteiger partial charge in [-0.1, -0.05) is 0 Å². The third kappa shape index (κ3) is 3.35. The predicted octanol–water partition coefficient (Wildman–Crippen LogP) is 1.37. The monoisotopic (exact) mass is 344 g/mol. The van der Waals surface area contributed by atoms with E-state index in [1.807, 2.05) is 18.7 Å². The van der Waals surface area contributed by atoms with E-state index >= 15 is 0 Å². The third-order valence-corrected chi connectivity index (χ3v) is 5.78. The van der Waals surface area contributed by atoms with Gasteiger partial charge in [0.25, 0.3) is 0 Å². The van der Waals surface area contributed by atoms with Crippen LogP contribution in [0.25, 0.3) is 0 Å². The van der Waals surface area contributed by atoms with E-state index in [-0.39, 0.29) is 17.9 Å². The molecule has 4 rings (SSSR count). The normalized spacial score (nSPS) is 26.1. The topological polar surface area (TPSA) is 91.7 Å².